The highest BCUT2D eigenvalue weighted by atomic mass is 19.1. The van der Waals surface area contributed by atoms with Crippen LogP contribution >= 0.6 is 0 Å². The van der Waals surface area contributed by atoms with Gasteiger partial charge in [-0.05, 0) is 37.1 Å². The number of benzene rings is 1. The molecule has 1 saturated carbocycles. The molecule has 22 heavy (non-hydrogen) atoms. The lowest BCUT2D eigenvalue weighted by Crippen LogP contribution is -2.51. The van der Waals surface area contributed by atoms with E-state index in [4.69, 9.17) is 4.74 Å². The minimum atomic E-state index is -0.250. The van der Waals surface area contributed by atoms with Gasteiger partial charge in [-0.3, -0.25) is 9.69 Å². The first-order chi connectivity index (χ1) is 10.7. The Morgan fingerprint density at radius 3 is 2.41 bits per heavy atom. The monoisotopic (exact) mass is 306 g/mol. The molecule has 0 radical (unpaired) electrons. The molecule has 0 N–H and O–H groups in total. The first-order valence-corrected chi connectivity index (χ1v) is 8.12. The van der Waals surface area contributed by atoms with E-state index in [0.717, 1.165) is 45.6 Å². The number of hydrogen-bond acceptors (Lipinski definition) is 3. The van der Waals surface area contributed by atoms with E-state index < -0.39 is 0 Å². The molecule has 1 aromatic rings. The molecular weight excluding hydrogens is 283 g/mol. The van der Waals surface area contributed by atoms with E-state index in [2.05, 4.69) is 4.90 Å². The van der Waals surface area contributed by atoms with Crippen molar-refractivity contribution in [3.05, 3.63) is 30.1 Å². The molecule has 2 aliphatic rings. The van der Waals surface area contributed by atoms with Crippen molar-refractivity contribution in [2.75, 3.05) is 39.3 Å². The van der Waals surface area contributed by atoms with E-state index in [1.165, 1.54) is 18.6 Å². The molecule has 1 heterocycles. The molecule has 0 spiro atoms. The molecule has 0 bridgehead atoms. The average molecular weight is 306 g/mol. The molecule has 3 rings (SSSR count). The van der Waals surface area contributed by atoms with Gasteiger partial charge in [-0.15, -0.1) is 0 Å². The average Bonchev–Trinajstić information content (AvgIpc) is 2.48. The quantitative estimate of drug-likeness (QED) is 0.835. The van der Waals surface area contributed by atoms with Gasteiger partial charge >= 0.3 is 0 Å². The lowest BCUT2D eigenvalue weighted by atomic mass is 9.84. The molecule has 120 valence electrons. The second kappa shape index (κ2) is 7.09. The highest BCUT2D eigenvalue weighted by Crippen LogP contribution is 2.28. The molecule has 1 aliphatic carbocycles. The fourth-order valence-corrected chi connectivity index (χ4v) is 2.93. The maximum Gasteiger partial charge on any atom is 0.225 e. The maximum atomic E-state index is 12.8. The minimum absolute atomic E-state index is 0.250. The van der Waals surface area contributed by atoms with E-state index in [0.29, 0.717) is 24.2 Å². The fraction of sp³-hybridized carbons (Fsp3) is 0.588. The number of nitrogens with zero attached hydrogens (tertiary/aromatic N) is 2. The van der Waals surface area contributed by atoms with Crippen LogP contribution in [0.15, 0.2) is 24.3 Å². The Hall–Kier alpha value is -1.62. The van der Waals surface area contributed by atoms with E-state index in [1.54, 1.807) is 12.1 Å². The zero-order chi connectivity index (χ0) is 15.4. The SMILES string of the molecule is O=C(C1CCC1)N1CCN(CCOc2ccc(F)cc2)CC1. The van der Waals surface area contributed by atoms with Gasteiger partial charge < -0.3 is 9.64 Å². The van der Waals surface area contributed by atoms with Crippen molar-refractivity contribution >= 4 is 5.91 Å². The van der Waals surface area contributed by atoms with Crippen molar-refractivity contribution in [1.82, 2.24) is 9.80 Å². The first kappa shape index (κ1) is 15.3. The smallest absolute Gasteiger partial charge is 0.225 e. The van der Waals surface area contributed by atoms with Crippen LogP contribution in [0, 0.1) is 11.7 Å². The minimum Gasteiger partial charge on any atom is -0.492 e. The summed E-state index contributed by atoms with van der Waals surface area (Å²) in [5.74, 6) is 1.10. The van der Waals surface area contributed by atoms with Crippen molar-refractivity contribution in [1.29, 1.82) is 0 Å². The number of ether oxygens (including phenoxy) is 1. The predicted octanol–water partition coefficient (Wildman–Crippen LogP) is 2.15. The summed E-state index contributed by atoms with van der Waals surface area (Å²) >= 11 is 0. The van der Waals surface area contributed by atoms with Gasteiger partial charge in [0.1, 0.15) is 18.2 Å². The third-order valence-electron chi connectivity index (χ3n) is 4.63. The third-order valence-corrected chi connectivity index (χ3v) is 4.63. The Kier molecular flexibility index (Phi) is 4.93. The lowest BCUT2D eigenvalue weighted by Gasteiger charge is -2.38. The number of hydrogen-bond donors (Lipinski definition) is 0. The number of piperazine rings is 1. The van der Waals surface area contributed by atoms with E-state index >= 15 is 0 Å². The summed E-state index contributed by atoms with van der Waals surface area (Å²) in [4.78, 5) is 16.5. The van der Waals surface area contributed by atoms with Gasteiger partial charge in [0.25, 0.3) is 0 Å². The zero-order valence-electron chi connectivity index (χ0n) is 12.8. The van der Waals surface area contributed by atoms with Gasteiger partial charge in [0.15, 0.2) is 0 Å². The Labute approximate surface area is 130 Å². The van der Waals surface area contributed by atoms with Crippen LogP contribution in [0.25, 0.3) is 0 Å². The van der Waals surface area contributed by atoms with E-state index in [9.17, 15) is 9.18 Å². The normalized spacial score (nSPS) is 19.8. The molecule has 0 atom stereocenters. The topological polar surface area (TPSA) is 32.8 Å². The molecule has 4 nitrogen and oxygen atoms in total. The highest BCUT2D eigenvalue weighted by molar-refractivity contribution is 5.79. The molecular formula is C17H23FN2O2. The molecule has 0 unspecified atom stereocenters. The second-order valence-electron chi connectivity index (χ2n) is 6.10. The Morgan fingerprint density at radius 2 is 1.82 bits per heavy atom. The Morgan fingerprint density at radius 1 is 1.14 bits per heavy atom. The van der Waals surface area contributed by atoms with Crippen molar-refractivity contribution < 1.29 is 13.9 Å². The van der Waals surface area contributed by atoms with Gasteiger partial charge in [-0.1, -0.05) is 6.42 Å². The van der Waals surface area contributed by atoms with Gasteiger partial charge in [-0.25, -0.2) is 4.39 Å². The van der Waals surface area contributed by atoms with E-state index in [-0.39, 0.29) is 5.82 Å². The third kappa shape index (κ3) is 3.77. The van der Waals surface area contributed by atoms with Gasteiger partial charge in [-0.2, -0.15) is 0 Å². The van der Waals surface area contributed by atoms with E-state index in [1.807, 2.05) is 4.90 Å². The summed E-state index contributed by atoms with van der Waals surface area (Å²) in [6, 6.07) is 6.09. The molecule has 1 aromatic carbocycles. The van der Waals surface area contributed by atoms with Crippen molar-refractivity contribution in [3.8, 4) is 5.75 Å². The van der Waals surface area contributed by atoms with Crippen LogP contribution in [0.4, 0.5) is 4.39 Å². The molecule has 1 aliphatic heterocycles. The van der Waals surface area contributed by atoms with Crippen LogP contribution in [0.2, 0.25) is 0 Å². The molecule has 1 amide bonds. The molecule has 5 heteroatoms. The summed E-state index contributed by atoms with van der Waals surface area (Å²) in [6.07, 6.45) is 3.35. The lowest BCUT2D eigenvalue weighted by molar-refractivity contribution is -0.140. The van der Waals surface area contributed by atoms with Gasteiger partial charge in [0.05, 0.1) is 0 Å². The van der Waals surface area contributed by atoms with Crippen LogP contribution < -0.4 is 4.74 Å². The molecule has 0 aromatic heterocycles. The van der Waals surface area contributed by atoms with Crippen LogP contribution in [0.3, 0.4) is 0 Å². The standard InChI is InChI=1S/C17H23FN2O2/c18-15-4-6-16(7-5-15)22-13-12-19-8-10-20(11-9-19)17(21)14-2-1-3-14/h4-7,14H,1-3,8-13H2. The summed E-state index contributed by atoms with van der Waals surface area (Å²) in [5, 5.41) is 0. The van der Waals surface area contributed by atoms with Gasteiger partial charge in [0.2, 0.25) is 5.91 Å². The van der Waals surface area contributed by atoms with Crippen LogP contribution in [-0.2, 0) is 4.79 Å². The number of carbonyl (C=O) groups is 1. The predicted molar refractivity (Wildman–Crippen MR) is 82.3 cm³/mol. The number of amides is 1. The molecule has 1 saturated heterocycles. The summed E-state index contributed by atoms with van der Waals surface area (Å²) in [5.41, 5.74) is 0. The van der Waals surface area contributed by atoms with Crippen LogP contribution in [-0.4, -0.2) is 55.0 Å². The Balaban J connectivity index is 1.35. The van der Waals surface area contributed by atoms with Crippen molar-refractivity contribution in [2.45, 2.75) is 19.3 Å². The highest BCUT2D eigenvalue weighted by Gasteiger charge is 2.30. The summed E-state index contributed by atoms with van der Waals surface area (Å²) < 4.78 is 18.4. The summed E-state index contributed by atoms with van der Waals surface area (Å²) in [6.45, 7) is 4.89. The van der Waals surface area contributed by atoms with Gasteiger partial charge in [0, 0.05) is 38.6 Å². The van der Waals surface area contributed by atoms with Crippen LogP contribution in [0.5, 0.6) is 5.75 Å². The Bertz CT molecular complexity index is 494. The molecule has 2 fully saturated rings. The van der Waals surface area contributed by atoms with Crippen LogP contribution in [0.1, 0.15) is 19.3 Å². The maximum absolute atomic E-state index is 12.8. The zero-order valence-corrected chi connectivity index (χ0v) is 12.8. The number of carbonyl (C=O) groups excluding carboxylic acids is 1. The first-order valence-electron chi connectivity index (χ1n) is 8.12. The van der Waals surface area contributed by atoms with Crippen molar-refractivity contribution in [3.63, 3.8) is 0 Å². The fourth-order valence-electron chi connectivity index (χ4n) is 2.93. The van der Waals surface area contributed by atoms with Crippen molar-refractivity contribution in [2.24, 2.45) is 5.92 Å². The number of rotatable bonds is 5. The largest absolute Gasteiger partial charge is 0.492 e. The number of halogens is 1. The second-order valence-corrected chi connectivity index (χ2v) is 6.10. The summed E-state index contributed by atoms with van der Waals surface area (Å²) in [7, 11) is 0.